The third kappa shape index (κ3) is 4.80. The molecule has 0 aliphatic carbocycles. The van der Waals surface area contributed by atoms with E-state index in [-0.39, 0.29) is 12.3 Å². The number of methoxy groups -OCH3 is 1. The average Bonchev–Trinajstić information content (AvgIpc) is 2.51. The van der Waals surface area contributed by atoms with Crippen molar-refractivity contribution in [1.29, 1.82) is 0 Å². The molecule has 0 heterocycles. The lowest BCUT2D eigenvalue weighted by atomic mass is 10.1. The molecular formula is C19H22N2O2S. The third-order valence-electron chi connectivity index (χ3n) is 3.69. The summed E-state index contributed by atoms with van der Waals surface area (Å²) in [4.78, 5) is 12.1. The highest BCUT2D eigenvalue weighted by Crippen LogP contribution is 2.21. The van der Waals surface area contributed by atoms with Crippen LogP contribution in [0.3, 0.4) is 0 Å². The van der Waals surface area contributed by atoms with Crippen LogP contribution in [0.1, 0.15) is 22.3 Å². The van der Waals surface area contributed by atoms with Gasteiger partial charge in [-0.3, -0.25) is 4.79 Å². The van der Waals surface area contributed by atoms with Gasteiger partial charge in [-0.25, -0.2) is 0 Å². The number of amides is 1. The molecule has 5 heteroatoms. The lowest BCUT2D eigenvalue weighted by Gasteiger charge is -2.15. The van der Waals surface area contributed by atoms with E-state index in [1.165, 1.54) is 5.56 Å². The van der Waals surface area contributed by atoms with Crippen LogP contribution < -0.4 is 15.4 Å². The summed E-state index contributed by atoms with van der Waals surface area (Å²) in [6, 6.07) is 11.6. The molecule has 24 heavy (non-hydrogen) atoms. The van der Waals surface area contributed by atoms with E-state index in [2.05, 4.69) is 29.7 Å². The van der Waals surface area contributed by atoms with Gasteiger partial charge in [-0.2, -0.15) is 0 Å². The zero-order valence-corrected chi connectivity index (χ0v) is 15.2. The number of nitrogens with one attached hydrogen (secondary N) is 2. The first-order chi connectivity index (χ1) is 11.4. The van der Waals surface area contributed by atoms with Crippen LogP contribution in [0, 0.1) is 20.8 Å². The number of benzene rings is 2. The molecule has 0 aliphatic rings. The van der Waals surface area contributed by atoms with Gasteiger partial charge < -0.3 is 15.4 Å². The molecule has 2 rings (SSSR count). The fourth-order valence-electron chi connectivity index (χ4n) is 2.62. The van der Waals surface area contributed by atoms with Crippen LogP contribution in [0.15, 0.2) is 36.4 Å². The molecule has 0 spiro atoms. The maximum absolute atomic E-state index is 12.1. The molecule has 4 nitrogen and oxygen atoms in total. The SMILES string of the molecule is COc1ccc(CC(=O)NC(=S)Nc2c(C)cc(C)cc2C)cc1. The van der Waals surface area contributed by atoms with Crippen molar-refractivity contribution in [3.05, 3.63) is 58.7 Å². The smallest absolute Gasteiger partial charge is 0.230 e. The van der Waals surface area contributed by atoms with Crippen LogP contribution in [0.5, 0.6) is 5.75 Å². The fourth-order valence-corrected chi connectivity index (χ4v) is 2.84. The molecule has 2 aromatic carbocycles. The molecule has 1 amide bonds. The van der Waals surface area contributed by atoms with Crippen molar-refractivity contribution in [2.75, 3.05) is 12.4 Å². The van der Waals surface area contributed by atoms with Crippen LogP contribution >= 0.6 is 12.2 Å². The fraction of sp³-hybridized carbons (Fsp3) is 0.263. The molecule has 0 saturated heterocycles. The van der Waals surface area contributed by atoms with E-state index in [4.69, 9.17) is 17.0 Å². The number of carbonyl (C=O) groups is 1. The third-order valence-corrected chi connectivity index (χ3v) is 3.90. The summed E-state index contributed by atoms with van der Waals surface area (Å²) in [5, 5.41) is 6.15. The Morgan fingerprint density at radius 1 is 1.08 bits per heavy atom. The quantitative estimate of drug-likeness (QED) is 0.832. The lowest BCUT2D eigenvalue weighted by Crippen LogP contribution is -2.35. The Kier molecular flexibility index (Phi) is 5.93. The van der Waals surface area contributed by atoms with Crippen LogP contribution in [-0.4, -0.2) is 18.1 Å². The predicted molar refractivity (Wildman–Crippen MR) is 102 cm³/mol. The summed E-state index contributed by atoms with van der Waals surface area (Å²) >= 11 is 5.26. The van der Waals surface area contributed by atoms with E-state index in [0.717, 1.165) is 28.1 Å². The number of hydrogen-bond donors (Lipinski definition) is 2. The van der Waals surface area contributed by atoms with E-state index in [0.29, 0.717) is 5.11 Å². The molecule has 0 unspecified atom stereocenters. The summed E-state index contributed by atoms with van der Waals surface area (Å²) in [5.74, 6) is 0.613. The minimum Gasteiger partial charge on any atom is -0.497 e. The van der Waals surface area contributed by atoms with E-state index >= 15 is 0 Å². The highest BCUT2D eigenvalue weighted by Gasteiger charge is 2.09. The standard InChI is InChI=1S/C19H22N2O2S/c1-12-9-13(2)18(14(3)10-12)21-19(24)20-17(22)11-15-5-7-16(23-4)8-6-15/h5-10H,11H2,1-4H3,(H2,20,21,22,24). The van der Waals surface area contributed by atoms with Gasteiger partial charge in [0.15, 0.2) is 5.11 Å². The molecule has 0 saturated carbocycles. The molecule has 2 aromatic rings. The van der Waals surface area contributed by atoms with Gasteiger partial charge >= 0.3 is 0 Å². The Morgan fingerprint density at radius 2 is 1.67 bits per heavy atom. The number of carbonyl (C=O) groups excluding carboxylic acids is 1. The highest BCUT2D eigenvalue weighted by molar-refractivity contribution is 7.80. The second-order valence-electron chi connectivity index (χ2n) is 5.80. The van der Waals surface area contributed by atoms with Gasteiger partial charge in [0.1, 0.15) is 5.75 Å². The molecule has 0 aliphatic heterocycles. The summed E-state index contributed by atoms with van der Waals surface area (Å²) in [5.41, 5.74) is 5.23. The van der Waals surface area contributed by atoms with Crippen molar-refractivity contribution < 1.29 is 9.53 Å². The normalized spacial score (nSPS) is 10.2. The molecular weight excluding hydrogens is 320 g/mol. The van der Waals surface area contributed by atoms with Crippen LogP contribution in [-0.2, 0) is 11.2 Å². The number of ether oxygens (including phenoxy) is 1. The van der Waals surface area contributed by atoms with Gasteiger partial charge in [0.2, 0.25) is 5.91 Å². The summed E-state index contributed by atoms with van der Waals surface area (Å²) in [6.07, 6.45) is 0.262. The van der Waals surface area contributed by atoms with Gasteiger partial charge in [0, 0.05) is 5.69 Å². The number of anilines is 1. The first-order valence-electron chi connectivity index (χ1n) is 7.70. The molecule has 0 bridgehead atoms. The zero-order chi connectivity index (χ0) is 17.7. The summed E-state index contributed by atoms with van der Waals surface area (Å²) < 4.78 is 5.10. The Morgan fingerprint density at radius 3 is 2.21 bits per heavy atom. The van der Waals surface area contributed by atoms with Gasteiger partial charge in [-0.15, -0.1) is 0 Å². The molecule has 2 N–H and O–H groups in total. The highest BCUT2D eigenvalue weighted by atomic mass is 32.1. The molecule has 0 aromatic heterocycles. The Hall–Kier alpha value is -2.40. The van der Waals surface area contributed by atoms with Gasteiger partial charge in [-0.1, -0.05) is 29.8 Å². The van der Waals surface area contributed by atoms with Crippen LogP contribution in [0.25, 0.3) is 0 Å². The van der Waals surface area contributed by atoms with Crippen molar-refractivity contribution in [3.8, 4) is 5.75 Å². The van der Waals surface area contributed by atoms with Gasteiger partial charge in [0.05, 0.1) is 13.5 Å². The summed E-state index contributed by atoms with van der Waals surface area (Å²) in [6.45, 7) is 6.09. The lowest BCUT2D eigenvalue weighted by molar-refractivity contribution is -0.119. The predicted octanol–water partition coefficient (Wildman–Crippen LogP) is 3.68. The molecule has 0 atom stereocenters. The van der Waals surface area contributed by atoms with Crippen molar-refractivity contribution in [3.63, 3.8) is 0 Å². The molecule has 126 valence electrons. The Bertz CT molecular complexity index is 731. The van der Waals surface area contributed by atoms with Gasteiger partial charge in [-0.05, 0) is 61.8 Å². The number of rotatable bonds is 4. The first kappa shape index (κ1) is 17.9. The monoisotopic (exact) mass is 342 g/mol. The molecule has 0 radical (unpaired) electrons. The second-order valence-corrected chi connectivity index (χ2v) is 6.21. The topological polar surface area (TPSA) is 50.4 Å². The second kappa shape index (κ2) is 7.93. The first-order valence-corrected chi connectivity index (χ1v) is 8.11. The van der Waals surface area contributed by atoms with Crippen LogP contribution in [0.4, 0.5) is 5.69 Å². The van der Waals surface area contributed by atoms with E-state index in [9.17, 15) is 4.79 Å². The minimum atomic E-state index is -0.153. The van der Waals surface area contributed by atoms with Crippen molar-refractivity contribution in [2.24, 2.45) is 0 Å². The Labute approximate surface area is 148 Å². The largest absolute Gasteiger partial charge is 0.497 e. The maximum Gasteiger partial charge on any atom is 0.230 e. The average molecular weight is 342 g/mol. The number of thiocarbonyl (C=S) groups is 1. The van der Waals surface area contributed by atoms with Crippen molar-refractivity contribution in [1.82, 2.24) is 5.32 Å². The zero-order valence-electron chi connectivity index (χ0n) is 14.4. The number of hydrogen-bond acceptors (Lipinski definition) is 3. The van der Waals surface area contributed by atoms with Crippen LogP contribution in [0.2, 0.25) is 0 Å². The Balaban J connectivity index is 1.95. The van der Waals surface area contributed by atoms with Gasteiger partial charge in [0.25, 0.3) is 0 Å². The van der Waals surface area contributed by atoms with E-state index < -0.39 is 0 Å². The van der Waals surface area contributed by atoms with E-state index in [1.807, 2.05) is 38.1 Å². The van der Waals surface area contributed by atoms with E-state index in [1.54, 1.807) is 7.11 Å². The minimum absolute atomic E-state index is 0.153. The van der Waals surface area contributed by atoms with Crippen molar-refractivity contribution >= 4 is 28.9 Å². The van der Waals surface area contributed by atoms with Crippen molar-refractivity contribution in [2.45, 2.75) is 27.2 Å². The molecule has 0 fully saturated rings. The summed E-state index contributed by atoms with van der Waals surface area (Å²) in [7, 11) is 1.61. The maximum atomic E-state index is 12.1. The number of aryl methyl sites for hydroxylation is 3.